The Balaban J connectivity index is 1.98. The predicted molar refractivity (Wildman–Crippen MR) is 79.7 cm³/mol. The van der Waals surface area contributed by atoms with Crippen molar-refractivity contribution in [2.45, 2.75) is 39.0 Å². The topological polar surface area (TPSA) is 75.4 Å². The molecule has 1 aromatic carbocycles. The van der Waals surface area contributed by atoms with Crippen LogP contribution in [0.3, 0.4) is 0 Å². The smallest absolute Gasteiger partial charge is 0.251 e. The van der Waals surface area contributed by atoms with Gasteiger partial charge in [-0.25, -0.2) is 0 Å². The van der Waals surface area contributed by atoms with Crippen molar-refractivity contribution >= 4 is 5.91 Å². The molecule has 0 radical (unpaired) electrons. The van der Waals surface area contributed by atoms with Crippen LogP contribution in [0.2, 0.25) is 0 Å². The number of nitrogens with one attached hydrogen (secondary N) is 1. The zero-order valence-electron chi connectivity index (χ0n) is 12.1. The molecule has 0 aliphatic heterocycles. The lowest BCUT2D eigenvalue weighted by molar-refractivity contribution is 0.0913. The van der Waals surface area contributed by atoms with E-state index in [4.69, 9.17) is 5.73 Å². The molecule has 0 bridgehead atoms. The molecule has 1 fully saturated rings. The number of carbonyl (C=O) groups excluding carboxylic acids is 1. The van der Waals surface area contributed by atoms with Crippen molar-refractivity contribution in [3.05, 3.63) is 29.3 Å². The van der Waals surface area contributed by atoms with Crippen LogP contribution in [0.1, 0.15) is 48.0 Å². The molecule has 20 heavy (non-hydrogen) atoms. The Morgan fingerprint density at radius 2 is 2.05 bits per heavy atom. The van der Waals surface area contributed by atoms with Crippen LogP contribution in [0.4, 0.5) is 0 Å². The Hall–Kier alpha value is -1.55. The second kappa shape index (κ2) is 6.27. The molecule has 1 saturated carbocycles. The van der Waals surface area contributed by atoms with Gasteiger partial charge in [0.05, 0.1) is 0 Å². The first-order valence-corrected chi connectivity index (χ1v) is 7.34. The summed E-state index contributed by atoms with van der Waals surface area (Å²) < 4.78 is 0. The maximum Gasteiger partial charge on any atom is 0.251 e. The SMILES string of the molecule is Cc1ccc(C(=O)NCC2(CN)CCCCC2)cc1O. The highest BCUT2D eigenvalue weighted by Gasteiger charge is 2.31. The van der Waals surface area contributed by atoms with Gasteiger partial charge in [0.1, 0.15) is 5.75 Å². The summed E-state index contributed by atoms with van der Waals surface area (Å²) in [5.74, 6) is 0.0163. The molecule has 4 nitrogen and oxygen atoms in total. The first kappa shape index (κ1) is 14.9. The number of aromatic hydroxyl groups is 1. The van der Waals surface area contributed by atoms with Crippen LogP contribution in [-0.2, 0) is 0 Å². The van der Waals surface area contributed by atoms with Gasteiger partial charge in [0.15, 0.2) is 0 Å². The highest BCUT2D eigenvalue weighted by atomic mass is 16.3. The van der Waals surface area contributed by atoms with E-state index in [1.54, 1.807) is 12.1 Å². The monoisotopic (exact) mass is 276 g/mol. The largest absolute Gasteiger partial charge is 0.508 e. The molecular formula is C16H24N2O2. The number of phenols is 1. The molecule has 1 aliphatic carbocycles. The molecule has 4 N–H and O–H groups in total. The summed E-state index contributed by atoms with van der Waals surface area (Å²) in [6, 6.07) is 5.00. The van der Waals surface area contributed by atoms with Gasteiger partial charge in [0.25, 0.3) is 5.91 Å². The van der Waals surface area contributed by atoms with E-state index in [1.807, 2.05) is 6.92 Å². The third-order valence-corrected chi connectivity index (χ3v) is 4.44. The van der Waals surface area contributed by atoms with E-state index in [9.17, 15) is 9.90 Å². The molecule has 4 heteroatoms. The molecule has 1 aromatic rings. The van der Waals surface area contributed by atoms with E-state index in [-0.39, 0.29) is 17.1 Å². The number of rotatable bonds is 4. The molecule has 1 amide bonds. The fourth-order valence-electron chi connectivity index (χ4n) is 2.88. The second-order valence-electron chi connectivity index (χ2n) is 5.95. The maximum atomic E-state index is 12.1. The van der Waals surface area contributed by atoms with Gasteiger partial charge in [-0.1, -0.05) is 25.3 Å². The number of carbonyl (C=O) groups is 1. The summed E-state index contributed by atoms with van der Waals surface area (Å²) in [5, 5.41) is 12.6. The van der Waals surface area contributed by atoms with Crippen molar-refractivity contribution in [1.82, 2.24) is 5.32 Å². The van der Waals surface area contributed by atoms with Crippen LogP contribution in [0.5, 0.6) is 5.75 Å². The Bertz CT molecular complexity index is 479. The van der Waals surface area contributed by atoms with E-state index < -0.39 is 0 Å². The Kier molecular flexibility index (Phi) is 4.65. The minimum Gasteiger partial charge on any atom is -0.508 e. The van der Waals surface area contributed by atoms with Gasteiger partial charge in [-0.2, -0.15) is 0 Å². The van der Waals surface area contributed by atoms with Gasteiger partial charge >= 0.3 is 0 Å². The molecule has 0 heterocycles. The van der Waals surface area contributed by atoms with Gasteiger partial charge < -0.3 is 16.2 Å². The third kappa shape index (κ3) is 3.31. The zero-order valence-corrected chi connectivity index (χ0v) is 12.1. The lowest BCUT2D eigenvalue weighted by atomic mass is 9.74. The number of benzene rings is 1. The lowest BCUT2D eigenvalue weighted by Crippen LogP contribution is -2.43. The number of aryl methyl sites for hydroxylation is 1. The number of phenolic OH excluding ortho intramolecular Hbond substituents is 1. The number of hydrogen-bond donors (Lipinski definition) is 3. The van der Waals surface area contributed by atoms with Gasteiger partial charge in [-0.3, -0.25) is 4.79 Å². The van der Waals surface area contributed by atoms with Crippen LogP contribution in [-0.4, -0.2) is 24.1 Å². The minimum absolute atomic E-state index is 0.0562. The molecule has 0 aromatic heterocycles. The Labute approximate surface area is 120 Å². The molecule has 0 spiro atoms. The lowest BCUT2D eigenvalue weighted by Gasteiger charge is -2.36. The van der Waals surface area contributed by atoms with Crippen molar-refractivity contribution in [2.75, 3.05) is 13.1 Å². The quantitative estimate of drug-likeness (QED) is 0.790. The molecular weight excluding hydrogens is 252 g/mol. The maximum absolute atomic E-state index is 12.1. The standard InChI is InChI=1S/C16H24N2O2/c1-12-5-6-13(9-14(12)19)15(20)18-11-16(10-17)7-3-2-4-8-16/h5-6,9,19H,2-4,7-8,10-11,17H2,1H3,(H,18,20). The fraction of sp³-hybridized carbons (Fsp3) is 0.562. The summed E-state index contributed by atoms with van der Waals surface area (Å²) in [4.78, 5) is 12.1. The van der Waals surface area contributed by atoms with E-state index in [0.717, 1.165) is 18.4 Å². The zero-order chi connectivity index (χ0) is 14.6. The van der Waals surface area contributed by atoms with Gasteiger partial charge in [0, 0.05) is 12.1 Å². The van der Waals surface area contributed by atoms with Crippen LogP contribution in [0.15, 0.2) is 18.2 Å². The average Bonchev–Trinajstić information content (AvgIpc) is 2.48. The normalized spacial score (nSPS) is 17.7. The van der Waals surface area contributed by atoms with E-state index >= 15 is 0 Å². The Morgan fingerprint density at radius 3 is 2.65 bits per heavy atom. The molecule has 110 valence electrons. The molecule has 2 rings (SSSR count). The van der Waals surface area contributed by atoms with Crippen molar-refractivity contribution < 1.29 is 9.90 Å². The van der Waals surface area contributed by atoms with Gasteiger partial charge in [0.2, 0.25) is 0 Å². The van der Waals surface area contributed by atoms with Crippen LogP contribution < -0.4 is 11.1 Å². The number of amides is 1. The third-order valence-electron chi connectivity index (χ3n) is 4.44. The first-order chi connectivity index (χ1) is 9.56. The highest BCUT2D eigenvalue weighted by Crippen LogP contribution is 2.34. The highest BCUT2D eigenvalue weighted by molar-refractivity contribution is 5.94. The molecule has 0 saturated heterocycles. The minimum atomic E-state index is -0.140. The van der Waals surface area contributed by atoms with Gasteiger partial charge in [-0.15, -0.1) is 0 Å². The summed E-state index contributed by atoms with van der Waals surface area (Å²) in [5.41, 5.74) is 7.24. The van der Waals surface area contributed by atoms with E-state index in [0.29, 0.717) is 18.7 Å². The summed E-state index contributed by atoms with van der Waals surface area (Å²) in [6.07, 6.45) is 5.82. The van der Waals surface area contributed by atoms with Crippen molar-refractivity contribution in [1.29, 1.82) is 0 Å². The fourth-order valence-corrected chi connectivity index (χ4v) is 2.88. The molecule has 1 aliphatic rings. The second-order valence-corrected chi connectivity index (χ2v) is 5.95. The average molecular weight is 276 g/mol. The summed E-state index contributed by atoms with van der Waals surface area (Å²) >= 11 is 0. The number of nitrogens with two attached hydrogens (primary N) is 1. The van der Waals surface area contributed by atoms with Crippen LogP contribution >= 0.6 is 0 Å². The first-order valence-electron chi connectivity index (χ1n) is 7.34. The van der Waals surface area contributed by atoms with Crippen molar-refractivity contribution in [2.24, 2.45) is 11.1 Å². The summed E-state index contributed by atoms with van der Waals surface area (Å²) in [7, 11) is 0. The van der Waals surface area contributed by atoms with Crippen LogP contribution in [0, 0.1) is 12.3 Å². The van der Waals surface area contributed by atoms with E-state index in [1.165, 1.54) is 25.3 Å². The predicted octanol–water partition coefficient (Wildman–Crippen LogP) is 2.34. The Morgan fingerprint density at radius 1 is 1.35 bits per heavy atom. The van der Waals surface area contributed by atoms with Crippen molar-refractivity contribution in [3.63, 3.8) is 0 Å². The van der Waals surface area contributed by atoms with Crippen molar-refractivity contribution in [3.8, 4) is 5.75 Å². The van der Waals surface area contributed by atoms with E-state index in [2.05, 4.69) is 5.32 Å². The van der Waals surface area contributed by atoms with Crippen LogP contribution in [0.25, 0.3) is 0 Å². The molecule has 0 unspecified atom stereocenters. The summed E-state index contributed by atoms with van der Waals surface area (Å²) in [6.45, 7) is 3.05. The van der Waals surface area contributed by atoms with Gasteiger partial charge in [-0.05, 0) is 49.4 Å². The molecule has 0 atom stereocenters. The number of hydrogen-bond acceptors (Lipinski definition) is 3.